The molecule has 106 valence electrons. The average molecular weight is 330 g/mol. The molecule has 0 radical (unpaired) electrons. The Balaban J connectivity index is 2.12. The monoisotopic (exact) mass is 329 g/mol. The number of thiophene rings is 1. The molecule has 20 heavy (non-hydrogen) atoms. The third-order valence-corrected chi connectivity index (χ3v) is 4.20. The zero-order valence-corrected chi connectivity index (χ0v) is 13.3. The predicted molar refractivity (Wildman–Crippen MR) is 83.9 cm³/mol. The molecule has 2 rings (SSSR count). The summed E-state index contributed by atoms with van der Waals surface area (Å²) in [6, 6.07) is 5.34. The van der Waals surface area contributed by atoms with Gasteiger partial charge in [0.25, 0.3) is 5.91 Å². The van der Waals surface area contributed by atoms with Gasteiger partial charge in [0.05, 0.1) is 21.5 Å². The van der Waals surface area contributed by atoms with Gasteiger partial charge in [-0.2, -0.15) is 0 Å². The quantitative estimate of drug-likeness (QED) is 0.928. The van der Waals surface area contributed by atoms with Gasteiger partial charge in [-0.3, -0.25) is 4.79 Å². The van der Waals surface area contributed by atoms with Gasteiger partial charge >= 0.3 is 0 Å². The average Bonchev–Trinajstić information content (AvgIpc) is 2.83. The summed E-state index contributed by atoms with van der Waals surface area (Å²) in [5.41, 5.74) is 0.458. The van der Waals surface area contributed by atoms with Crippen molar-refractivity contribution in [2.45, 2.75) is 6.54 Å². The van der Waals surface area contributed by atoms with Gasteiger partial charge in [-0.05, 0) is 18.2 Å². The normalized spacial score (nSPS) is 10.4. The first-order valence-corrected chi connectivity index (χ1v) is 7.41. The number of hydrogen-bond acceptors (Lipinski definition) is 4. The number of carbonyl (C=O) groups excluding carboxylic acids is 1. The maximum atomic E-state index is 12.3. The molecule has 2 aromatic rings. The molecule has 0 fully saturated rings. The molecule has 0 aliphatic carbocycles. The van der Waals surface area contributed by atoms with E-state index in [0.717, 1.165) is 4.88 Å². The van der Waals surface area contributed by atoms with Crippen molar-refractivity contribution in [3.05, 3.63) is 44.2 Å². The van der Waals surface area contributed by atoms with E-state index in [9.17, 15) is 4.79 Å². The van der Waals surface area contributed by atoms with Crippen molar-refractivity contribution in [3.63, 3.8) is 0 Å². The Morgan fingerprint density at radius 2 is 2.20 bits per heavy atom. The molecular formula is C13H13Cl2N3OS. The molecule has 1 N–H and O–H groups in total. The van der Waals surface area contributed by atoms with Crippen LogP contribution in [-0.2, 0) is 6.54 Å². The third kappa shape index (κ3) is 3.42. The lowest BCUT2D eigenvalue weighted by molar-refractivity contribution is 0.0786. The molecule has 0 unspecified atom stereocenters. The van der Waals surface area contributed by atoms with Gasteiger partial charge in [-0.1, -0.05) is 23.2 Å². The van der Waals surface area contributed by atoms with E-state index in [1.165, 1.54) is 17.5 Å². The molecule has 0 aliphatic heterocycles. The summed E-state index contributed by atoms with van der Waals surface area (Å²) in [6.07, 6.45) is 1.51. The number of carbonyl (C=O) groups is 1. The van der Waals surface area contributed by atoms with Crippen LogP contribution in [0.25, 0.3) is 0 Å². The Morgan fingerprint density at radius 3 is 2.75 bits per heavy atom. The second-order valence-electron chi connectivity index (χ2n) is 4.17. The summed E-state index contributed by atoms with van der Waals surface area (Å²) in [7, 11) is 3.46. The smallest absolute Gasteiger partial charge is 0.255 e. The zero-order chi connectivity index (χ0) is 14.7. The highest BCUT2D eigenvalue weighted by atomic mass is 35.5. The lowest BCUT2D eigenvalue weighted by atomic mass is 10.2. The number of hydrogen-bond donors (Lipinski definition) is 1. The van der Waals surface area contributed by atoms with Crippen molar-refractivity contribution in [2.75, 3.05) is 19.4 Å². The molecule has 2 heterocycles. The minimum absolute atomic E-state index is 0.133. The van der Waals surface area contributed by atoms with Crippen LogP contribution < -0.4 is 5.32 Å². The van der Waals surface area contributed by atoms with Crippen LogP contribution in [-0.4, -0.2) is 29.9 Å². The van der Waals surface area contributed by atoms with Gasteiger partial charge in [0.2, 0.25) is 0 Å². The number of nitrogens with zero attached hydrogens (tertiary/aromatic N) is 2. The molecule has 0 aromatic carbocycles. The summed E-state index contributed by atoms with van der Waals surface area (Å²) in [6.45, 7) is 0.502. The number of nitrogens with one attached hydrogen (secondary N) is 1. The summed E-state index contributed by atoms with van der Waals surface area (Å²) in [5, 5.41) is 3.27. The van der Waals surface area contributed by atoms with Crippen LogP contribution >= 0.6 is 34.5 Å². The first kappa shape index (κ1) is 15.1. The number of rotatable bonds is 4. The van der Waals surface area contributed by atoms with Gasteiger partial charge in [0.15, 0.2) is 0 Å². The Labute approximate surface area is 131 Å². The van der Waals surface area contributed by atoms with Crippen LogP contribution in [0.2, 0.25) is 9.36 Å². The summed E-state index contributed by atoms with van der Waals surface area (Å²) < 4.78 is 0.712. The second kappa shape index (κ2) is 6.43. The second-order valence-corrected chi connectivity index (χ2v) is 6.38. The molecule has 2 aromatic heterocycles. The van der Waals surface area contributed by atoms with Crippen LogP contribution in [0.3, 0.4) is 0 Å². The van der Waals surface area contributed by atoms with Crippen LogP contribution in [0, 0.1) is 0 Å². The van der Waals surface area contributed by atoms with Crippen molar-refractivity contribution in [1.82, 2.24) is 9.88 Å². The van der Waals surface area contributed by atoms with Crippen molar-refractivity contribution < 1.29 is 4.79 Å². The van der Waals surface area contributed by atoms with Crippen LogP contribution in [0.1, 0.15) is 15.2 Å². The maximum Gasteiger partial charge on any atom is 0.255 e. The molecule has 0 bridgehead atoms. The molecule has 0 aliphatic rings. The fourth-order valence-corrected chi connectivity index (χ4v) is 3.10. The Bertz CT molecular complexity index is 630. The third-order valence-electron chi connectivity index (χ3n) is 2.69. The predicted octanol–water partition coefficient (Wildman–Crippen LogP) is 3.76. The fourth-order valence-electron chi connectivity index (χ4n) is 1.70. The SMILES string of the molecule is CNc1ncc(C(=O)N(C)Cc2ccc(Cl)s2)cc1Cl. The van der Waals surface area contributed by atoms with Crippen molar-refractivity contribution >= 4 is 46.3 Å². The number of aromatic nitrogens is 1. The highest BCUT2D eigenvalue weighted by Gasteiger charge is 2.15. The van der Waals surface area contributed by atoms with Crippen molar-refractivity contribution in [1.29, 1.82) is 0 Å². The van der Waals surface area contributed by atoms with E-state index in [1.54, 1.807) is 25.1 Å². The minimum atomic E-state index is -0.133. The molecule has 7 heteroatoms. The Hall–Kier alpha value is -1.30. The van der Waals surface area contributed by atoms with Gasteiger partial charge in [-0.15, -0.1) is 11.3 Å². The van der Waals surface area contributed by atoms with Gasteiger partial charge in [0, 0.05) is 25.2 Å². The van der Waals surface area contributed by atoms with E-state index >= 15 is 0 Å². The fraction of sp³-hybridized carbons (Fsp3) is 0.231. The van der Waals surface area contributed by atoms with Gasteiger partial charge in [0.1, 0.15) is 5.82 Å². The van der Waals surface area contributed by atoms with E-state index < -0.39 is 0 Å². The number of anilines is 1. The maximum absolute atomic E-state index is 12.3. The molecule has 0 saturated heterocycles. The van der Waals surface area contributed by atoms with Crippen molar-refractivity contribution in [3.8, 4) is 0 Å². The highest BCUT2D eigenvalue weighted by molar-refractivity contribution is 7.16. The van der Waals surface area contributed by atoms with E-state index in [0.29, 0.717) is 27.3 Å². The van der Waals surface area contributed by atoms with Gasteiger partial charge < -0.3 is 10.2 Å². The number of amides is 1. The first-order valence-electron chi connectivity index (χ1n) is 5.84. The van der Waals surface area contributed by atoms with Crippen LogP contribution in [0.4, 0.5) is 5.82 Å². The summed E-state index contributed by atoms with van der Waals surface area (Å²) in [4.78, 5) is 19.0. The van der Waals surface area contributed by atoms with Gasteiger partial charge in [-0.25, -0.2) is 4.98 Å². The van der Waals surface area contributed by atoms with E-state index in [1.807, 2.05) is 12.1 Å². The Kier molecular flexibility index (Phi) is 4.86. The molecule has 0 saturated carbocycles. The standard InChI is InChI=1S/C13H13Cl2N3OS/c1-16-12-10(14)5-8(6-17-12)13(19)18(2)7-9-3-4-11(15)20-9/h3-6H,7H2,1-2H3,(H,16,17). The molecule has 0 spiro atoms. The zero-order valence-electron chi connectivity index (χ0n) is 11.0. The molecule has 0 atom stereocenters. The first-order chi connectivity index (χ1) is 9.51. The summed E-state index contributed by atoms with van der Waals surface area (Å²) >= 11 is 13.4. The minimum Gasteiger partial charge on any atom is -0.372 e. The summed E-state index contributed by atoms with van der Waals surface area (Å²) in [5.74, 6) is 0.419. The van der Waals surface area contributed by atoms with Crippen LogP contribution in [0.5, 0.6) is 0 Å². The number of halogens is 2. The van der Waals surface area contributed by atoms with Crippen LogP contribution in [0.15, 0.2) is 24.4 Å². The molecule has 4 nitrogen and oxygen atoms in total. The van der Waals surface area contributed by atoms with E-state index in [-0.39, 0.29) is 5.91 Å². The lowest BCUT2D eigenvalue weighted by Gasteiger charge is -2.16. The molecular weight excluding hydrogens is 317 g/mol. The highest BCUT2D eigenvalue weighted by Crippen LogP contribution is 2.24. The Morgan fingerprint density at radius 1 is 1.45 bits per heavy atom. The number of pyridine rings is 1. The largest absolute Gasteiger partial charge is 0.372 e. The van der Waals surface area contributed by atoms with E-state index in [2.05, 4.69) is 10.3 Å². The topological polar surface area (TPSA) is 45.2 Å². The molecule has 1 amide bonds. The lowest BCUT2D eigenvalue weighted by Crippen LogP contribution is -2.26. The van der Waals surface area contributed by atoms with Crippen molar-refractivity contribution in [2.24, 2.45) is 0 Å². The van der Waals surface area contributed by atoms with E-state index in [4.69, 9.17) is 23.2 Å².